The third kappa shape index (κ3) is 2.74. The van der Waals surface area contributed by atoms with E-state index in [-0.39, 0.29) is 45.4 Å². The van der Waals surface area contributed by atoms with E-state index in [9.17, 15) is 19.8 Å². The van der Waals surface area contributed by atoms with Gasteiger partial charge in [0.15, 0.2) is 0 Å². The summed E-state index contributed by atoms with van der Waals surface area (Å²) in [6, 6.07) is 0. The summed E-state index contributed by atoms with van der Waals surface area (Å²) >= 11 is 0. The van der Waals surface area contributed by atoms with E-state index in [4.69, 9.17) is 0 Å². The maximum absolute atomic E-state index is 12.7. The van der Waals surface area contributed by atoms with E-state index in [0.29, 0.717) is 24.2 Å². The molecule has 0 aromatic rings. The second kappa shape index (κ2) is 7.08. The fraction of sp³-hybridized carbons (Fsp3) is 0.931. The average molecular weight is 459 g/mol. The largest absolute Gasteiger partial charge is 0.481 e. The summed E-state index contributed by atoms with van der Waals surface area (Å²) in [5.41, 5.74) is -0.287. The molecular weight excluding hydrogens is 412 g/mol. The molecule has 0 unspecified atom stereocenters. The van der Waals surface area contributed by atoms with E-state index >= 15 is 0 Å². The van der Waals surface area contributed by atoms with Gasteiger partial charge in [-0.3, -0.25) is 9.59 Å². The number of carbonyl (C=O) groups is 2. The summed E-state index contributed by atoms with van der Waals surface area (Å²) in [7, 11) is 0. The third-order valence-electron chi connectivity index (χ3n) is 13.4. The Balaban J connectivity index is 1.57. The number of rotatable bonds is 2. The zero-order valence-electron chi connectivity index (χ0n) is 21.7. The minimum absolute atomic E-state index is 0.000765. The molecule has 33 heavy (non-hydrogen) atoms. The average Bonchev–Trinajstić information content (AvgIpc) is 3.13. The highest BCUT2D eigenvalue weighted by molar-refractivity contribution is 5.83. The van der Waals surface area contributed by atoms with E-state index in [0.717, 1.165) is 51.4 Å². The lowest BCUT2D eigenvalue weighted by Gasteiger charge is -2.72. The van der Waals surface area contributed by atoms with Crippen LogP contribution in [0.15, 0.2) is 0 Å². The van der Waals surface area contributed by atoms with Gasteiger partial charge in [0.2, 0.25) is 0 Å². The number of hydrogen-bond acceptors (Lipinski definition) is 3. The summed E-state index contributed by atoms with van der Waals surface area (Å²) in [5, 5.41) is 21.3. The van der Waals surface area contributed by atoms with Crippen molar-refractivity contribution in [3.8, 4) is 0 Å². The number of fused-ring (bicyclic) bond motifs is 7. The summed E-state index contributed by atoms with van der Waals surface area (Å²) in [5.74, 6) is 0.932. The second-order valence-corrected chi connectivity index (χ2v) is 14.3. The van der Waals surface area contributed by atoms with Crippen LogP contribution < -0.4 is 0 Å². The Morgan fingerprint density at radius 2 is 1.45 bits per heavy atom. The van der Waals surface area contributed by atoms with Gasteiger partial charge in [0.1, 0.15) is 5.78 Å². The van der Waals surface area contributed by atoms with Crippen molar-refractivity contribution < 1.29 is 19.8 Å². The highest BCUT2D eigenvalue weighted by Gasteiger charge is 2.72. The van der Waals surface area contributed by atoms with E-state index in [1.165, 1.54) is 6.42 Å². The van der Waals surface area contributed by atoms with Crippen LogP contribution in [0.25, 0.3) is 0 Å². The topological polar surface area (TPSA) is 74.6 Å². The molecule has 0 aliphatic heterocycles. The molecule has 0 aromatic carbocycles. The molecule has 0 aromatic heterocycles. The van der Waals surface area contributed by atoms with Crippen molar-refractivity contribution in [2.24, 2.45) is 56.7 Å². The van der Waals surface area contributed by atoms with Gasteiger partial charge in [-0.2, -0.15) is 0 Å². The molecule has 5 aliphatic carbocycles. The number of carbonyl (C=O) groups excluding carboxylic acids is 1. The van der Waals surface area contributed by atoms with Crippen molar-refractivity contribution in [2.75, 3.05) is 0 Å². The molecule has 0 amide bonds. The molecule has 186 valence electrons. The first kappa shape index (κ1) is 23.8. The van der Waals surface area contributed by atoms with Gasteiger partial charge in [0, 0.05) is 5.92 Å². The van der Waals surface area contributed by atoms with Gasteiger partial charge < -0.3 is 10.2 Å². The fourth-order valence-corrected chi connectivity index (χ4v) is 11.4. The molecule has 4 heteroatoms. The van der Waals surface area contributed by atoms with E-state index in [1.807, 2.05) is 0 Å². The SMILES string of the molecule is CC(=O)[C@@H]1CC[C@]2(C(=O)O)CC[C@]3(C)[C@@H](CC[C@H]4[C@@]5(C)CC[C@H](O)C(C)(C)[C@@H]5CC[C@]43C)[C@H]12. The lowest BCUT2D eigenvalue weighted by molar-refractivity contribution is -0.248. The number of aliphatic hydroxyl groups excluding tert-OH is 1. The maximum Gasteiger partial charge on any atom is 0.309 e. The van der Waals surface area contributed by atoms with Crippen molar-refractivity contribution in [1.29, 1.82) is 0 Å². The molecule has 4 nitrogen and oxygen atoms in total. The molecule has 0 bridgehead atoms. The molecule has 0 spiro atoms. The molecular formula is C29H46O4. The highest BCUT2D eigenvalue weighted by atomic mass is 16.4. The summed E-state index contributed by atoms with van der Waals surface area (Å²) in [4.78, 5) is 25.4. The number of hydrogen-bond donors (Lipinski definition) is 2. The first-order chi connectivity index (χ1) is 15.3. The van der Waals surface area contributed by atoms with E-state index in [1.54, 1.807) is 6.92 Å². The number of ketones is 1. The van der Waals surface area contributed by atoms with Crippen LogP contribution in [0.5, 0.6) is 0 Å². The van der Waals surface area contributed by atoms with Crippen LogP contribution in [0, 0.1) is 56.7 Å². The van der Waals surface area contributed by atoms with Crippen LogP contribution in [-0.4, -0.2) is 28.1 Å². The predicted octanol–water partition coefficient (Wildman–Crippen LogP) is 6.10. The lowest BCUT2D eigenvalue weighted by atomic mass is 9.32. The van der Waals surface area contributed by atoms with Crippen LogP contribution in [0.3, 0.4) is 0 Å². The zero-order chi connectivity index (χ0) is 24.2. The zero-order valence-corrected chi connectivity index (χ0v) is 21.7. The molecule has 0 heterocycles. The Labute approximate surface area is 200 Å². The number of aliphatic carboxylic acids is 1. The fourth-order valence-electron chi connectivity index (χ4n) is 11.4. The number of Topliss-reactive ketones (excluding diaryl/α,β-unsaturated/α-hetero) is 1. The normalized spacial score (nSPS) is 55.0. The Morgan fingerprint density at radius 1 is 0.758 bits per heavy atom. The summed E-state index contributed by atoms with van der Waals surface area (Å²) < 4.78 is 0. The van der Waals surface area contributed by atoms with Gasteiger partial charge in [-0.15, -0.1) is 0 Å². The van der Waals surface area contributed by atoms with Crippen molar-refractivity contribution in [3.05, 3.63) is 0 Å². The number of carboxylic acid groups (broad SMARTS) is 1. The lowest BCUT2D eigenvalue weighted by Crippen LogP contribution is -2.67. The van der Waals surface area contributed by atoms with Gasteiger partial charge in [-0.1, -0.05) is 34.6 Å². The van der Waals surface area contributed by atoms with Gasteiger partial charge >= 0.3 is 5.97 Å². The Morgan fingerprint density at radius 3 is 2.09 bits per heavy atom. The standard InChI is InChI=1S/C29H46O4/c1-17(30)18-9-14-29(24(32)33)16-15-27(5)19(23(18)29)7-8-21-26(4)12-11-22(31)25(2,3)20(26)10-13-28(21,27)6/h18-23,31H,7-16H2,1-6H3,(H,32,33)/t18-,19-,20-,21-,22-,23-,26-,27+,28+,29-/m0/s1. The van der Waals surface area contributed by atoms with Gasteiger partial charge in [-0.05, 0) is 116 Å². The van der Waals surface area contributed by atoms with Crippen LogP contribution in [-0.2, 0) is 9.59 Å². The van der Waals surface area contributed by atoms with Gasteiger partial charge in [-0.25, -0.2) is 0 Å². The minimum Gasteiger partial charge on any atom is -0.481 e. The first-order valence-corrected chi connectivity index (χ1v) is 13.7. The molecule has 5 fully saturated rings. The smallest absolute Gasteiger partial charge is 0.309 e. The van der Waals surface area contributed by atoms with E-state index < -0.39 is 11.4 Å². The first-order valence-electron chi connectivity index (χ1n) is 13.7. The second-order valence-electron chi connectivity index (χ2n) is 14.3. The van der Waals surface area contributed by atoms with Gasteiger partial charge in [0.25, 0.3) is 0 Å². The van der Waals surface area contributed by atoms with Crippen molar-refractivity contribution >= 4 is 11.8 Å². The molecule has 5 aliphatic rings. The molecule has 10 atom stereocenters. The molecule has 5 saturated carbocycles. The van der Waals surface area contributed by atoms with Crippen LogP contribution >= 0.6 is 0 Å². The van der Waals surface area contributed by atoms with E-state index in [2.05, 4.69) is 34.6 Å². The van der Waals surface area contributed by atoms with Gasteiger partial charge in [0.05, 0.1) is 11.5 Å². The highest BCUT2D eigenvalue weighted by Crippen LogP contribution is 2.77. The molecule has 0 saturated heterocycles. The minimum atomic E-state index is -0.693. The number of aliphatic hydroxyl groups is 1. The third-order valence-corrected chi connectivity index (χ3v) is 13.4. The van der Waals surface area contributed by atoms with Crippen molar-refractivity contribution in [1.82, 2.24) is 0 Å². The molecule has 5 rings (SSSR count). The summed E-state index contributed by atoms with van der Waals surface area (Å²) in [6.45, 7) is 13.8. The molecule has 2 N–H and O–H groups in total. The Hall–Kier alpha value is -0.900. The maximum atomic E-state index is 12.7. The Bertz CT molecular complexity index is 864. The van der Waals surface area contributed by atoms with Crippen LogP contribution in [0.4, 0.5) is 0 Å². The summed E-state index contributed by atoms with van der Waals surface area (Å²) in [6.07, 6.45) is 9.44. The molecule has 0 radical (unpaired) electrons. The van der Waals surface area contributed by atoms with Crippen molar-refractivity contribution in [3.63, 3.8) is 0 Å². The number of carboxylic acids is 1. The van der Waals surface area contributed by atoms with Crippen molar-refractivity contribution in [2.45, 2.75) is 112 Å². The quantitative estimate of drug-likeness (QED) is 0.524. The monoisotopic (exact) mass is 458 g/mol. The van der Waals surface area contributed by atoms with Crippen LogP contribution in [0.2, 0.25) is 0 Å². The Kier molecular flexibility index (Phi) is 5.11. The van der Waals surface area contributed by atoms with Crippen LogP contribution in [0.1, 0.15) is 106 Å². The predicted molar refractivity (Wildman–Crippen MR) is 128 cm³/mol.